The number of nitrogens with zero attached hydrogens (tertiary/aromatic N) is 3. The number of hydrogen-bond donors (Lipinski definition) is 1. The normalized spacial score (nSPS) is 20.6. The highest BCUT2D eigenvalue weighted by Gasteiger charge is 2.41. The minimum absolute atomic E-state index is 0.164. The van der Waals surface area contributed by atoms with Gasteiger partial charge in [0, 0.05) is 37.9 Å². The molecular weight excluding hydrogens is 464 g/mol. The Hall–Kier alpha value is -3.27. The smallest absolute Gasteiger partial charge is 0.338 e. The van der Waals surface area contributed by atoms with E-state index in [1.54, 1.807) is 12.3 Å². The lowest BCUT2D eigenvalue weighted by molar-refractivity contribution is 0.0347. The van der Waals surface area contributed by atoms with Crippen LogP contribution in [0.3, 0.4) is 0 Å². The number of methoxy groups -OCH3 is 1. The molecule has 0 bridgehead atoms. The molecule has 8 nitrogen and oxygen atoms in total. The number of benzene rings is 1. The fourth-order valence-corrected chi connectivity index (χ4v) is 5.00. The highest BCUT2D eigenvalue weighted by atomic mass is 32.1. The van der Waals surface area contributed by atoms with Crippen molar-refractivity contribution in [3.8, 4) is 11.3 Å². The monoisotopic (exact) mass is 492 g/mol. The molecule has 182 valence electrons. The van der Waals surface area contributed by atoms with Gasteiger partial charge in [-0.2, -0.15) is 0 Å². The number of aromatic nitrogens is 1. The van der Waals surface area contributed by atoms with Gasteiger partial charge in [-0.05, 0) is 42.5 Å². The quantitative estimate of drug-likeness (QED) is 0.394. The summed E-state index contributed by atoms with van der Waals surface area (Å²) < 4.78 is 16.9. The second-order valence-corrected chi connectivity index (χ2v) is 8.90. The van der Waals surface area contributed by atoms with Crippen molar-refractivity contribution in [3.63, 3.8) is 0 Å². The summed E-state index contributed by atoms with van der Waals surface area (Å²) in [6, 6.07) is 16.7. The average Bonchev–Trinajstić information content (AvgIpc) is 3.52. The van der Waals surface area contributed by atoms with E-state index in [-0.39, 0.29) is 12.1 Å². The minimum atomic E-state index is -0.402. The summed E-state index contributed by atoms with van der Waals surface area (Å²) in [4.78, 5) is 21.5. The van der Waals surface area contributed by atoms with Gasteiger partial charge in [-0.15, -0.1) is 0 Å². The molecule has 0 aliphatic carbocycles. The molecule has 0 amide bonds. The van der Waals surface area contributed by atoms with E-state index in [2.05, 4.69) is 20.1 Å². The van der Waals surface area contributed by atoms with E-state index in [9.17, 15) is 4.79 Å². The van der Waals surface area contributed by atoms with Gasteiger partial charge in [-0.1, -0.05) is 24.3 Å². The number of hydrogen-bond acceptors (Lipinski definition) is 7. The number of furan rings is 1. The van der Waals surface area contributed by atoms with E-state index >= 15 is 0 Å². The first-order valence-electron chi connectivity index (χ1n) is 11.7. The number of morpholine rings is 1. The Balaban J connectivity index is 1.47. The fourth-order valence-electron chi connectivity index (χ4n) is 4.67. The first-order valence-corrected chi connectivity index (χ1v) is 12.1. The van der Waals surface area contributed by atoms with Gasteiger partial charge in [-0.3, -0.25) is 9.88 Å². The molecule has 2 aliphatic heterocycles. The van der Waals surface area contributed by atoms with E-state index in [0.717, 1.165) is 50.8 Å². The molecule has 0 radical (unpaired) electrons. The van der Waals surface area contributed by atoms with Crippen LogP contribution in [0.4, 0.5) is 0 Å². The third-order valence-electron chi connectivity index (χ3n) is 6.47. The molecule has 0 saturated carbocycles. The number of carbonyl (C=O) groups is 1. The Bertz CT molecular complexity index is 1180. The van der Waals surface area contributed by atoms with Crippen molar-refractivity contribution in [2.75, 3.05) is 46.5 Å². The van der Waals surface area contributed by atoms with Gasteiger partial charge in [-0.25, -0.2) is 4.79 Å². The van der Waals surface area contributed by atoms with Crippen LogP contribution in [0.2, 0.25) is 0 Å². The van der Waals surface area contributed by atoms with E-state index in [1.807, 2.05) is 48.5 Å². The zero-order valence-electron chi connectivity index (χ0n) is 19.6. The Labute approximate surface area is 209 Å². The zero-order chi connectivity index (χ0) is 24.2. The SMILES string of the molecule is COC(=O)c1ccccc1-c1ccc([C@@H]2[C@@H](c3ccccn3)NC(=S)N2CCN2CCOCC2)o1. The summed E-state index contributed by atoms with van der Waals surface area (Å²) in [5, 5.41) is 4.13. The van der Waals surface area contributed by atoms with Crippen LogP contribution < -0.4 is 5.32 Å². The number of nitrogens with one attached hydrogen (secondary N) is 1. The molecule has 4 heterocycles. The number of esters is 1. The summed E-state index contributed by atoms with van der Waals surface area (Å²) in [5.41, 5.74) is 2.04. The van der Waals surface area contributed by atoms with Gasteiger partial charge < -0.3 is 24.1 Å². The van der Waals surface area contributed by atoms with E-state index < -0.39 is 5.97 Å². The lowest BCUT2D eigenvalue weighted by Gasteiger charge is -2.31. The van der Waals surface area contributed by atoms with Crippen LogP contribution in [-0.4, -0.2) is 72.4 Å². The molecule has 2 aliphatic rings. The van der Waals surface area contributed by atoms with Crippen LogP contribution in [0.15, 0.2) is 65.2 Å². The maximum absolute atomic E-state index is 12.3. The maximum atomic E-state index is 12.3. The Morgan fingerprint density at radius 2 is 1.91 bits per heavy atom. The van der Waals surface area contributed by atoms with Crippen LogP contribution in [0, 0.1) is 0 Å². The minimum Gasteiger partial charge on any atom is -0.465 e. The molecule has 1 N–H and O–H groups in total. The van der Waals surface area contributed by atoms with Crippen LogP contribution in [-0.2, 0) is 9.47 Å². The number of rotatable bonds is 7. The molecule has 35 heavy (non-hydrogen) atoms. The number of carbonyl (C=O) groups excluding carboxylic acids is 1. The first kappa shape index (κ1) is 23.5. The molecule has 3 aromatic rings. The van der Waals surface area contributed by atoms with Gasteiger partial charge in [0.1, 0.15) is 17.6 Å². The molecule has 2 fully saturated rings. The highest BCUT2D eigenvalue weighted by Crippen LogP contribution is 2.40. The van der Waals surface area contributed by atoms with Crippen molar-refractivity contribution in [1.29, 1.82) is 0 Å². The lowest BCUT2D eigenvalue weighted by atomic mass is 10.0. The highest BCUT2D eigenvalue weighted by molar-refractivity contribution is 7.80. The summed E-state index contributed by atoms with van der Waals surface area (Å²) in [6.45, 7) is 4.95. The molecule has 2 atom stereocenters. The lowest BCUT2D eigenvalue weighted by Crippen LogP contribution is -2.42. The molecular formula is C26H28N4O4S. The molecule has 9 heteroatoms. The van der Waals surface area contributed by atoms with Gasteiger partial charge >= 0.3 is 5.97 Å². The summed E-state index contributed by atoms with van der Waals surface area (Å²) in [5.74, 6) is 0.956. The maximum Gasteiger partial charge on any atom is 0.338 e. The van der Waals surface area contributed by atoms with Gasteiger partial charge in [0.15, 0.2) is 5.11 Å². The summed E-state index contributed by atoms with van der Waals surface area (Å²) in [7, 11) is 1.38. The number of pyridine rings is 1. The second kappa shape index (κ2) is 10.6. The Morgan fingerprint density at radius 3 is 2.69 bits per heavy atom. The standard InChI is InChI=1S/C26H28N4O4S/c1-32-25(31)19-7-3-2-6-18(19)21-9-10-22(34-21)24-23(20-8-4-5-11-27-20)28-26(35)30(24)13-12-29-14-16-33-17-15-29/h2-11,23-24H,12-17H2,1H3,(H,28,35)/t23-,24-/m1/s1. The van der Waals surface area contributed by atoms with Crippen molar-refractivity contribution < 1.29 is 18.7 Å². The van der Waals surface area contributed by atoms with Gasteiger partial charge in [0.05, 0.1) is 37.6 Å². The third-order valence-corrected chi connectivity index (χ3v) is 6.83. The molecule has 1 aromatic carbocycles. The molecule has 5 rings (SSSR count). The molecule has 0 spiro atoms. The zero-order valence-corrected chi connectivity index (χ0v) is 20.4. The molecule has 2 saturated heterocycles. The number of thiocarbonyl (C=S) groups is 1. The van der Waals surface area contributed by atoms with Crippen LogP contribution in [0.1, 0.15) is 33.9 Å². The fraction of sp³-hybridized carbons (Fsp3) is 0.346. The molecule has 0 unspecified atom stereocenters. The van der Waals surface area contributed by atoms with Crippen LogP contribution in [0.5, 0.6) is 0 Å². The van der Waals surface area contributed by atoms with E-state index in [4.69, 9.17) is 26.1 Å². The first-order chi connectivity index (χ1) is 17.2. The van der Waals surface area contributed by atoms with Crippen molar-refractivity contribution in [1.82, 2.24) is 20.1 Å². The largest absolute Gasteiger partial charge is 0.465 e. The summed E-state index contributed by atoms with van der Waals surface area (Å²) >= 11 is 5.77. The van der Waals surface area contributed by atoms with Crippen LogP contribution in [0.25, 0.3) is 11.3 Å². The predicted octanol–water partition coefficient (Wildman–Crippen LogP) is 3.43. The molecule has 2 aromatic heterocycles. The Kier molecular flexibility index (Phi) is 7.08. The van der Waals surface area contributed by atoms with Crippen LogP contribution >= 0.6 is 12.2 Å². The topological polar surface area (TPSA) is 80.1 Å². The van der Waals surface area contributed by atoms with Crippen molar-refractivity contribution in [2.45, 2.75) is 12.1 Å². The van der Waals surface area contributed by atoms with E-state index in [0.29, 0.717) is 22.0 Å². The van der Waals surface area contributed by atoms with Gasteiger partial charge in [0.2, 0.25) is 0 Å². The average molecular weight is 493 g/mol. The predicted molar refractivity (Wildman–Crippen MR) is 135 cm³/mol. The van der Waals surface area contributed by atoms with Crippen molar-refractivity contribution >= 4 is 23.3 Å². The second-order valence-electron chi connectivity index (χ2n) is 8.51. The third kappa shape index (κ3) is 4.93. The van der Waals surface area contributed by atoms with Gasteiger partial charge in [0.25, 0.3) is 0 Å². The number of ether oxygens (including phenoxy) is 2. The van der Waals surface area contributed by atoms with Crippen molar-refractivity contribution in [2.24, 2.45) is 0 Å². The van der Waals surface area contributed by atoms with E-state index in [1.165, 1.54) is 7.11 Å². The Morgan fingerprint density at radius 1 is 1.11 bits per heavy atom. The van der Waals surface area contributed by atoms with Crippen molar-refractivity contribution in [3.05, 3.63) is 77.8 Å². The summed E-state index contributed by atoms with van der Waals surface area (Å²) in [6.07, 6.45) is 1.79.